The molecule has 5 heterocycles. The van der Waals surface area contributed by atoms with E-state index in [1.807, 2.05) is 18.0 Å². The molecule has 0 saturated carbocycles. The van der Waals surface area contributed by atoms with Gasteiger partial charge in [-0.1, -0.05) is 0 Å². The predicted octanol–water partition coefficient (Wildman–Crippen LogP) is 2.41. The molecule has 2 aromatic heterocycles. The lowest BCUT2D eigenvalue weighted by molar-refractivity contribution is 0.206. The molecule has 1 atom stereocenters. The van der Waals surface area contributed by atoms with Crippen molar-refractivity contribution in [1.29, 1.82) is 0 Å². The number of rotatable bonds is 3. The van der Waals surface area contributed by atoms with Crippen LogP contribution in [0.5, 0.6) is 0 Å². The normalized spacial score (nSPS) is 24.1. The Balaban J connectivity index is 1.40. The molecule has 2 aromatic rings. The summed E-state index contributed by atoms with van der Waals surface area (Å²) in [5, 5.41) is 7.86. The highest BCUT2D eigenvalue weighted by Gasteiger charge is 2.46. The van der Waals surface area contributed by atoms with Crippen molar-refractivity contribution in [2.24, 2.45) is 0 Å². The van der Waals surface area contributed by atoms with E-state index in [0.717, 1.165) is 75.2 Å². The molecule has 2 saturated heterocycles. The minimum absolute atomic E-state index is 0.0222. The lowest BCUT2D eigenvalue weighted by atomic mass is 9.82. The summed E-state index contributed by atoms with van der Waals surface area (Å²) in [6.07, 6.45) is 6.13. The highest BCUT2D eigenvalue weighted by molar-refractivity contribution is 5.75. The van der Waals surface area contributed by atoms with Gasteiger partial charge < -0.3 is 20.9 Å². The Hall–Kier alpha value is -2.61. The van der Waals surface area contributed by atoms with E-state index in [1.165, 1.54) is 5.69 Å². The second-order valence-corrected chi connectivity index (χ2v) is 9.45. The van der Waals surface area contributed by atoms with Crippen LogP contribution in [0.2, 0.25) is 0 Å². The van der Waals surface area contributed by atoms with Crippen molar-refractivity contribution in [1.82, 2.24) is 29.9 Å². The summed E-state index contributed by atoms with van der Waals surface area (Å²) >= 11 is 0. The Morgan fingerprint density at radius 2 is 2.00 bits per heavy atom. The van der Waals surface area contributed by atoms with Crippen molar-refractivity contribution in [3.8, 4) is 11.3 Å². The maximum atomic E-state index is 12.3. The molecule has 2 amide bonds. The van der Waals surface area contributed by atoms with E-state index >= 15 is 0 Å². The number of anilines is 1. The quantitative estimate of drug-likeness (QED) is 0.791. The molecule has 8 heteroatoms. The fraction of sp³-hybridized carbons (Fsp3) is 0.609. The van der Waals surface area contributed by atoms with E-state index in [4.69, 9.17) is 10.8 Å². The number of amides is 2. The van der Waals surface area contributed by atoms with Gasteiger partial charge in [-0.25, -0.2) is 9.78 Å². The van der Waals surface area contributed by atoms with Crippen LogP contribution in [-0.2, 0) is 12.0 Å². The zero-order valence-electron chi connectivity index (χ0n) is 18.6. The summed E-state index contributed by atoms with van der Waals surface area (Å²) in [5.41, 5.74) is 10.7. The number of likely N-dealkylation sites (tertiary alicyclic amines) is 2. The van der Waals surface area contributed by atoms with Crippen LogP contribution in [0.1, 0.15) is 49.8 Å². The summed E-state index contributed by atoms with van der Waals surface area (Å²) in [4.78, 5) is 21.2. The Labute approximate surface area is 183 Å². The van der Waals surface area contributed by atoms with Crippen LogP contribution >= 0.6 is 0 Å². The van der Waals surface area contributed by atoms with Crippen molar-refractivity contribution in [3.63, 3.8) is 0 Å². The molecule has 2 fully saturated rings. The number of pyridine rings is 1. The minimum Gasteiger partial charge on any atom is -0.383 e. The first kappa shape index (κ1) is 20.3. The maximum absolute atomic E-state index is 12.3. The second kappa shape index (κ2) is 7.82. The van der Waals surface area contributed by atoms with Gasteiger partial charge in [0.25, 0.3) is 0 Å². The Morgan fingerprint density at radius 1 is 1.23 bits per heavy atom. The van der Waals surface area contributed by atoms with Crippen LogP contribution in [0.25, 0.3) is 11.3 Å². The standard InChI is InChI=1S/C23H33N7O/c1-3-25-22(31)29-10-6-23(15-29)7-11-30-20(23)13-19(27-30)17-12-18(21(24)26-14-17)16-4-8-28(2)9-5-16/h12-14,16H,3-11,15H2,1-2H3,(H2,24,26)(H,25,31)/t23-/m1/s1. The fourth-order valence-electron chi connectivity index (χ4n) is 5.60. The van der Waals surface area contributed by atoms with E-state index in [1.54, 1.807) is 0 Å². The molecular formula is C23H33N7O. The van der Waals surface area contributed by atoms with Gasteiger partial charge >= 0.3 is 6.03 Å². The highest BCUT2D eigenvalue weighted by atomic mass is 16.2. The predicted molar refractivity (Wildman–Crippen MR) is 121 cm³/mol. The number of aromatic nitrogens is 3. The van der Waals surface area contributed by atoms with Crippen LogP contribution in [-0.4, -0.2) is 70.4 Å². The Bertz CT molecular complexity index is 978. The van der Waals surface area contributed by atoms with Crippen LogP contribution in [0.3, 0.4) is 0 Å². The van der Waals surface area contributed by atoms with Crippen LogP contribution < -0.4 is 11.1 Å². The van der Waals surface area contributed by atoms with Crippen molar-refractivity contribution in [2.45, 2.75) is 50.5 Å². The Morgan fingerprint density at radius 3 is 2.77 bits per heavy atom. The summed E-state index contributed by atoms with van der Waals surface area (Å²) in [5.74, 6) is 1.11. The number of carbonyl (C=O) groups is 1. The van der Waals surface area contributed by atoms with Gasteiger partial charge in [0.15, 0.2) is 0 Å². The lowest BCUT2D eigenvalue weighted by Crippen LogP contribution is -2.40. The molecule has 0 aromatic carbocycles. The van der Waals surface area contributed by atoms with Crippen molar-refractivity contribution in [2.75, 3.05) is 45.5 Å². The maximum Gasteiger partial charge on any atom is 0.317 e. The average Bonchev–Trinajstić information content (AvgIpc) is 3.46. The number of nitrogens with zero attached hydrogens (tertiary/aromatic N) is 5. The number of hydrogen-bond acceptors (Lipinski definition) is 5. The first-order valence-corrected chi connectivity index (χ1v) is 11.5. The lowest BCUT2D eigenvalue weighted by Gasteiger charge is -2.29. The number of urea groups is 1. The number of nitrogens with two attached hydrogens (primary N) is 1. The molecule has 0 unspecified atom stereocenters. The molecule has 3 aliphatic rings. The number of hydrogen-bond donors (Lipinski definition) is 2. The van der Waals surface area contributed by atoms with E-state index in [0.29, 0.717) is 18.3 Å². The third-order valence-corrected chi connectivity index (χ3v) is 7.50. The number of nitrogen functional groups attached to an aromatic ring is 1. The van der Waals surface area contributed by atoms with Gasteiger partial charge in [0.1, 0.15) is 5.82 Å². The zero-order chi connectivity index (χ0) is 21.6. The van der Waals surface area contributed by atoms with Gasteiger partial charge in [0, 0.05) is 49.0 Å². The van der Waals surface area contributed by atoms with Crippen molar-refractivity contribution >= 4 is 11.8 Å². The monoisotopic (exact) mass is 423 g/mol. The first-order chi connectivity index (χ1) is 15.0. The van der Waals surface area contributed by atoms with Gasteiger partial charge in [-0.15, -0.1) is 0 Å². The number of aryl methyl sites for hydroxylation is 1. The largest absolute Gasteiger partial charge is 0.383 e. The molecule has 166 valence electrons. The van der Waals surface area contributed by atoms with E-state index in [-0.39, 0.29) is 11.4 Å². The van der Waals surface area contributed by atoms with Gasteiger partial charge in [-0.05, 0) is 76.4 Å². The van der Waals surface area contributed by atoms with E-state index < -0.39 is 0 Å². The molecular weight excluding hydrogens is 390 g/mol. The number of fused-ring (bicyclic) bond motifs is 2. The fourth-order valence-corrected chi connectivity index (χ4v) is 5.60. The molecule has 0 radical (unpaired) electrons. The number of nitrogens with one attached hydrogen (secondary N) is 1. The molecule has 31 heavy (non-hydrogen) atoms. The molecule has 5 rings (SSSR count). The minimum atomic E-state index is 0.0222. The van der Waals surface area contributed by atoms with Gasteiger partial charge in [-0.3, -0.25) is 4.68 Å². The molecule has 1 spiro atoms. The van der Waals surface area contributed by atoms with Crippen LogP contribution in [0, 0.1) is 0 Å². The summed E-state index contributed by atoms with van der Waals surface area (Å²) in [6.45, 7) is 7.29. The third kappa shape index (κ3) is 3.56. The SMILES string of the molecule is CCNC(=O)N1CC[C@@]2(CCn3nc(-c4cnc(N)c(C5CCN(C)CC5)c4)cc32)C1. The zero-order valence-corrected chi connectivity index (χ0v) is 18.6. The molecule has 8 nitrogen and oxygen atoms in total. The van der Waals surface area contributed by atoms with E-state index in [9.17, 15) is 4.79 Å². The van der Waals surface area contributed by atoms with Gasteiger partial charge in [0.2, 0.25) is 0 Å². The third-order valence-electron chi connectivity index (χ3n) is 7.50. The number of piperidine rings is 1. The van der Waals surface area contributed by atoms with Crippen molar-refractivity contribution < 1.29 is 4.79 Å². The number of carbonyl (C=O) groups excluding carboxylic acids is 1. The van der Waals surface area contributed by atoms with Gasteiger partial charge in [-0.2, -0.15) is 5.10 Å². The molecule has 3 aliphatic heterocycles. The topological polar surface area (TPSA) is 92.3 Å². The molecule has 3 N–H and O–H groups in total. The van der Waals surface area contributed by atoms with Gasteiger partial charge in [0.05, 0.1) is 5.69 Å². The summed E-state index contributed by atoms with van der Waals surface area (Å²) in [7, 11) is 2.17. The summed E-state index contributed by atoms with van der Waals surface area (Å²) in [6, 6.07) is 4.47. The summed E-state index contributed by atoms with van der Waals surface area (Å²) < 4.78 is 2.14. The second-order valence-electron chi connectivity index (χ2n) is 9.45. The average molecular weight is 424 g/mol. The van der Waals surface area contributed by atoms with Crippen LogP contribution in [0.4, 0.5) is 10.6 Å². The van der Waals surface area contributed by atoms with Crippen molar-refractivity contribution in [3.05, 3.63) is 29.6 Å². The Kier molecular flexibility index (Phi) is 5.12. The molecule has 0 aliphatic carbocycles. The molecule has 0 bridgehead atoms. The first-order valence-electron chi connectivity index (χ1n) is 11.5. The smallest absolute Gasteiger partial charge is 0.317 e. The van der Waals surface area contributed by atoms with Crippen LogP contribution in [0.15, 0.2) is 18.3 Å². The van der Waals surface area contributed by atoms with E-state index in [2.05, 4.69) is 39.1 Å². The highest BCUT2D eigenvalue weighted by Crippen LogP contribution is 2.44.